The summed E-state index contributed by atoms with van der Waals surface area (Å²) in [5.74, 6) is 0. The normalized spacial score (nSPS) is 36.6. The highest BCUT2D eigenvalue weighted by Gasteiger charge is 2.62. The maximum Gasteiger partial charge on any atom is 0.0259 e. The van der Waals surface area contributed by atoms with E-state index >= 15 is 0 Å². The highest BCUT2D eigenvalue weighted by atomic mass is 15.1. The lowest BCUT2D eigenvalue weighted by Crippen LogP contribution is -2.42. The van der Waals surface area contributed by atoms with Crippen molar-refractivity contribution in [3.8, 4) is 0 Å². The fourth-order valence-electron chi connectivity index (χ4n) is 5.07. The third-order valence-corrected chi connectivity index (χ3v) is 7.26. The summed E-state index contributed by atoms with van der Waals surface area (Å²) in [4.78, 5) is 0. The second kappa shape index (κ2) is 11.0. The summed E-state index contributed by atoms with van der Waals surface area (Å²) in [5, 5.41) is 4.14. The molecule has 2 fully saturated rings. The van der Waals surface area contributed by atoms with Crippen LogP contribution in [0, 0.1) is 5.41 Å². The van der Waals surface area contributed by atoms with E-state index in [1.165, 1.54) is 76.2 Å². The van der Waals surface area contributed by atoms with Gasteiger partial charge < -0.3 is 5.32 Å². The lowest BCUT2D eigenvalue weighted by molar-refractivity contribution is 0.340. The number of allylic oxidation sites excluding steroid dienone is 11. The smallest absolute Gasteiger partial charge is 0.0259 e. The van der Waals surface area contributed by atoms with Gasteiger partial charge >= 0.3 is 0 Å². The molecule has 0 aliphatic heterocycles. The molecule has 3 rings (SSSR count). The molecule has 0 saturated heterocycles. The second-order valence-electron chi connectivity index (χ2n) is 9.61. The summed E-state index contributed by atoms with van der Waals surface area (Å²) < 4.78 is 0. The molecule has 29 heavy (non-hydrogen) atoms. The van der Waals surface area contributed by atoms with Crippen molar-refractivity contribution in [3.05, 3.63) is 72.4 Å². The molecule has 158 valence electrons. The number of hydrogen-bond acceptors (Lipinski definition) is 1. The lowest BCUT2D eigenvalue weighted by Gasteiger charge is -2.28. The summed E-state index contributed by atoms with van der Waals surface area (Å²) in [6.07, 6.45) is 38.9. The van der Waals surface area contributed by atoms with Crippen molar-refractivity contribution < 1.29 is 0 Å². The van der Waals surface area contributed by atoms with Crippen LogP contribution in [0.25, 0.3) is 0 Å². The van der Waals surface area contributed by atoms with Crippen molar-refractivity contribution in [1.82, 2.24) is 5.32 Å². The van der Waals surface area contributed by atoms with Crippen LogP contribution < -0.4 is 5.32 Å². The van der Waals surface area contributed by atoms with Crippen molar-refractivity contribution >= 4 is 0 Å². The Kier molecular flexibility index (Phi) is 8.36. The molecule has 0 aromatic heterocycles. The Balaban J connectivity index is 1.68. The van der Waals surface area contributed by atoms with Gasteiger partial charge in [-0.3, -0.25) is 0 Å². The minimum absolute atomic E-state index is 0.206. The van der Waals surface area contributed by atoms with Crippen LogP contribution in [0.4, 0.5) is 0 Å². The van der Waals surface area contributed by atoms with E-state index in [9.17, 15) is 0 Å². The number of nitrogens with one attached hydrogen (secondary N) is 1. The molecular formula is C28H41N. The lowest BCUT2D eigenvalue weighted by atomic mass is 9.90. The third-order valence-electron chi connectivity index (χ3n) is 7.26. The van der Waals surface area contributed by atoms with E-state index in [0.717, 1.165) is 0 Å². The molecule has 2 unspecified atom stereocenters. The molecule has 2 atom stereocenters. The van der Waals surface area contributed by atoms with Gasteiger partial charge in [0.15, 0.2) is 0 Å². The van der Waals surface area contributed by atoms with Crippen molar-refractivity contribution in [1.29, 1.82) is 0 Å². The van der Waals surface area contributed by atoms with Gasteiger partial charge in [0.05, 0.1) is 0 Å². The van der Waals surface area contributed by atoms with Gasteiger partial charge in [0.25, 0.3) is 0 Å². The molecule has 0 radical (unpaired) electrons. The highest BCUT2D eigenvalue weighted by Crippen LogP contribution is 2.61. The van der Waals surface area contributed by atoms with E-state index in [1.807, 2.05) is 0 Å². The third kappa shape index (κ3) is 6.44. The Bertz CT molecular complexity index is 677. The second-order valence-corrected chi connectivity index (χ2v) is 9.61. The molecule has 0 bridgehead atoms. The van der Waals surface area contributed by atoms with Crippen molar-refractivity contribution in [2.45, 2.75) is 96.1 Å². The summed E-state index contributed by atoms with van der Waals surface area (Å²) in [7, 11) is 0. The molecule has 1 heteroatoms. The monoisotopic (exact) mass is 391 g/mol. The SMILES string of the molecule is CC1(NC2CCCCCCCCCC2)CC1(C)C1=C\C=C/C=C\C=C/C=C\C=C1. The summed E-state index contributed by atoms with van der Waals surface area (Å²) in [5.41, 5.74) is 1.85. The van der Waals surface area contributed by atoms with Crippen LogP contribution in [0.1, 0.15) is 84.5 Å². The standard InChI is InChI=1S/C28H41N/c1-27(25-20-16-12-8-4-3-5-9-13-17-21-25)24-28(27,2)29-26-22-18-14-10-6-7-11-15-19-23-26/h3-5,8-9,12-13,16-17,20-21,26,29H,6-7,10-11,14-15,18-19,22-24H2,1-2H3/b4-3-,5-3?,8-4?,9-5-,12-8-,13-9?,16-12?,17-13-,20-16?,21-17?,25-20?,25-21?. The largest absolute Gasteiger partial charge is 0.308 e. The Labute approximate surface area is 179 Å². The van der Waals surface area contributed by atoms with Crippen LogP contribution >= 0.6 is 0 Å². The predicted octanol–water partition coefficient (Wildman–Crippen LogP) is 7.75. The Morgan fingerprint density at radius 3 is 1.72 bits per heavy atom. The zero-order chi connectivity index (χ0) is 20.4. The van der Waals surface area contributed by atoms with Crippen molar-refractivity contribution in [2.24, 2.45) is 5.41 Å². The maximum atomic E-state index is 4.14. The Morgan fingerprint density at radius 2 is 1.14 bits per heavy atom. The molecule has 0 spiro atoms. The van der Waals surface area contributed by atoms with Crippen LogP contribution in [0.3, 0.4) is 0 Å². The molecule has 0 aromatic rings. The highest BCUT2D eigenvalue weighted by molar-refractivity contribution is 5.43. The van der Waals surface area contributed by atoms with Gasteiger partial charge in [-0.2, -0.15) is 0 Å². The Hall–Kier alpha value is -1.60. The van der Waals surface area contributed by atoms with Gasteiger partial charge in [0.1, 0.15) is 0 Å². The van der Waals surface area contributed by atoms with Gasteiger partial charge in [0.2, 0.25) is 0 Å². The van der Waals surface area contributed by atoms with Crippen LogP contribution in [-0.4, -0.2) is 11.6 Å². The zero-order valence-corrected chi connectivity index (χ0v) is 18.7. The Morgan fingerprint density at radius 1 is 0.655 bits per heavy atom. The van der Waals surface area contributed by atoms with Crippen LogP contribution in [0.15, 0.2) is 72.4 Å². The molecule has 3 aliphatic rings. The van der Waals surface area contributed by atoms with Crippen LogP contribution in [0.5, 0.6) is 0 Å². The quantitative estimate of drug-likeness (QED) is 0.518. The first-order valence-electron chi connectivity index (χ1n) is 12.0. The molecule has 3 aliphatic carbocycles. The summed E-state index contributed by atoms with van der Waals surface area (Å²) >= 11 is 0. The van der Waals surface area contributed by atoms with Gasteiger partial charge in [0, 0.05) is 17.0 Å². The van der Waals surface area contributed by atoms with Gasteiger partial charge in [-0.25, -0.2) is 0 Å². The molecule has 0 heterocycles. The minimum Gasteiger partial charge on any atom is -0.308 e. The predicted molar refractivity (Wildman–Crippen MR) is 128 cm³/mol. The minimum atomic E-state index is 0.206. The van der Waals surface area contributed by atoms with E-state index in [0.29, 0.717) is 6.04 Å². The average Bonchev–Trinajstić information content (AvgIpc) is 3.26. The van der Waals surface area contributed by atoms with Crippen LogP contribution in [-0.2, 0) is 0 Å². The average molecular weight is 392 g/mol. The number of rotatable bonds is 3. The molecule has 2 saturated carbocycles. The zero-order valence-electron chi connectivity index (χ0n) is 18.7. The van der Waals surface area contributed by atoms with Gasteiger partial charge in [-0.15, -0.1) is 0 Å². The van der Waals surface area contributed by atoms with E-state index in [4.69, 9.17) is 0 Å². The van der Waals surface area contributed by atoms with Crippen LogP contribution in [0.2, 0.25) is 0 Å². The van der Waals surface area contributed by atoms with E-state index < -0.39 is 0 Å². The van der Waals surface area contributed by atoms with E-state index in [-0.39, 0.29) is 11.0 Å². The fraction of sp³-hybridized carbons (Fsp3) is 0.571. The molecule has 0 aromatic carbocycles. The fourth-order valence-corrected chi connectivity index (χ4v) is 5.07. The summed E-state index contributed by atoms with van der Waals surface area (Å²) in [6.45, 7) is 4.89. The van der Waals surface area contributed by atoms with Crippen molar-refractivity contribution in [2.75, 3.05) is 0 Å². The first kappa shape index (κ1) is 22.1. The topological polar surface area (TPSA) is 12.0 Å². The molecule has 1 nitrogen and oxygen atoms in total. The van der Waals surface area contributed by atoms with E-state index in [2.05, 4.69) is 86.0 Å². The van der Waals surface area contributed by atoms with E-state index in [1.54, 1.807) is 0 Å². The van der Waals surface area contributed by atoms with Gasteiger partial charge in [-0.05, 0) is 31.8 Å². The first-order chi connectivity index (χ1) is 14.1. The molecule has 0 amide bonds. The first-order valence-corrected chi connectivity index (χ1v) is 12.0. The number of hydrogen-bond donors (Lipinski definition) is 1. The molecular weight excluding hydrogens is 350 g/mol. The van der Waals surface area contributed by atoms with Gasteiger partial charge in [-0.1, -0.05) is 125 Å². The summed E-state index contributed by atoms with van der Waals surface area (Å²) in [6, 6.07) is 0.680. The maximum absolute atomic E-state index is 4.14. The van der Waals surface area contributed by atoms with Crippen molar-refractivity contribution in [3.63, 3.8) is 0 Å². The molecule has 1 N–H and O–H groups in total.